The van der Waals surface area contributed by atoms with E-state index in [1.54, 1.807) is 6.92 Å². The van der Waals surface area contributed by atoms with Gasteiger partial charge < -0.3 is 5.32 Å². The van der Waals surface area contributed by atoms with Crippen molar-refractivity contribution in [3.63, 3.8) is 0 Å². The van der Waals surface area contributed by atoms with Crippen LogP contribution in [0.3, 0.4) is 0 Å². The molecule has 1 atom stereocenters. The van der Waals surface area contributed by atoms with Gasteiger partial charge in [0.15, 0.2) is 0 Å². The number of nitrogens with one attached hydrogen (secondary N) is 1. The molecule has 0 radical (unpaired) electrons. The Kier molecular flexibility index (Phi) is 6.56. The highest BCUT2D eigenvalue weighted by molar-refractivity contribution is 7.91. The molecule has 98 valence electrons. The molecule has 1 unspecified atom stereocenters. The van der Waals surface area contributed by atoms with Crippen molar-refractivity contribution in [1.82, 2.24) is 5.32 Å². The van der Waals surface area contributed by atoms with E-state index in [1.807, 2.05) is 0 Å². The van der Waals surface area contributed by atoms with Crippen LogP contribution in [0.2, 0.25) is 0 Å². The Labute approximate surface area is 101 Å². The molecule has 0 saturated carbocycles. The van der Waals surface area contributed by atoms with Gasteiger partial charge in [-0.2, -0.15) is 0 Å². The minimum atomic E-state index is -2.82. The molecule has 0 aromatic carbocycles. The van der Waals surface area contributed by atoms with E-state index in [2.05, 4.69) is 33.0 Å². The highest BCUT2D eigenvalue weighted by Gasteiger charge is 2.23. The molecule has 4 heteroatoms. The highest BCUT2D eigenvalue weighted by atomic mass is 32.2. The van der Waals surface area contributed by atoms with Gasteiger partial charge in [0.05, 0.1) is 5.75 Å². The maximum atomic E-state index is 11.4. The third-order valence-corrected chi connectivity index (χ3v) is 4.65. The zero-order valence-corrected chi connectivity index (χ0v) is 12.2. The van der Waals surface area contributed by atoms with Crippen LogP contribution in [0.25, 0.3) is 0 Å². The average molecular weight is 249 g/mol. The van der Waals surface area contributed by atoms with Crippen LogP contribution in [-0.4, -0.2) is 32.5 Å². The van der Waals surface area contributed by atoms with Crippen molar-refractivity contribution in [2.24, 2.45) is 5.41 Å². The molecular formula is C12H27NO2S. The molecule has 0 spiro atoms. The fourth-order valence-corrected chi connectivity index (χ4v) is 3.08. The van der Waals surface area contributed by atoms with E-state index in [9.17, 15) is 8.42 Å². The van der Waals surface area contributed by atoms with Gasteiger partial charge in [-0.1, -0.05) is 27.7 Å². The Bertz CT molecular complexity index is 283. The minimum absolute atomic E-state index is 0.0871. The lowest BCUT2D eigenvalue weighted by molar-refractivity contribution is 0.281. The summed E-state index contributed by atoms with van der Waals surface area (Å²) in [6.07, 6.45) is 1.76. The van der Waals surface area contributed by atoms with Crippen LogP contribution in [0.4, 0.5) is 0 Å². The number of sulfone groups is 1. The van der Waals surface area contributed by atoms with Crippen LogP contribution in [0.15, 0.2) is 0 Å². The van der Waals surface area contributed by atoms with Gasteiger partial charge >= 0.3 is 0 Å². The molecule has 0 aliphatic carbocycles. The van der Waals surface area contributed by atoms with E-state index in [-0.39, 0.29) is 11.2 Å². The van der Waals surface area contributed by atoms with E-state index < -0.39 is 9.84 Å². The van der Waals surface area contributed by atoms with Crippen molar-refractivity contribution in [2.45, 2.75) is 53.5 Å². The molecule has 0 rings (SSSR count). The third kappa shape index (κ3) is 7.23. The van der Waals surface area contributed by atoms with Gasteiger partial charge in [-0.25, -0.2) is 8.42 Å². The molecule has 0 amide bonds. The Hall–Kier alpha value is -0.0900. The molecule has 3 nitrogen and oxygen atoms in total. The van der Waals surface area contributed by atoms with Crippen LogP contribution in [0.5, 0.6) is 0 Å². The summed E-state index contributed by atoms with van der Waals surface area (Å²) in [5.74, 6) is 0.571. The number of rotatable bonds is 8. The van der Waals surface area contributed by atoms with Crippen LogP contribution in [0.1, 0.15) is 47.5 Å². The summed E-state index contributed by atoms with van der Waals surface area (Å²) < 4.78 is 22.9. The van der Waals surface area contributed by atoms with Crippen molar-refractivity contribution >= 4 is 9.84 Å². The summed E-state index contributed by atoms with van der Waals surface area (Å²) in [6, 6.07) is 0.448. The molecule has 0 fully saturated rings. The average Bonchev–Trinajstić information content (AvgIpc) is 2.15. The van der Waals surface area contributed by atoms with Crippen molar-refractivity contribution in [1.29, 1.82) is 0 Å². The highest BCUT2D eigenvalue weighted by Crippen LogP contribution is 2.27. The van der Waals surface area contributed by atoms with Crippen molar-refractivity contribution in [3.05, 3.63) is 0 Å². The second kappa shape index (κ2) is 6.60. The molecular weight excluding hydrogens is 222 g/mol. The van der Waals surface area contributed by atoms with Crippen LogP contribution < -0.4 is 5.32 Å². The predicted octanol–water partition coefficient (Wildman–Crippen LogP) is 2.23. The molecule has 0 saturated heterocycles. The fourth-order valence-electron chi connectivity index (χ4n) is 1.93. The van der Waals surface area contributed by atoms with E-state index in [1.165, 1.54) is 0 Å². The second-order valence-corrected chi connectivity index (χ2v) is 7.79. The maximum absolute atomic E-state index is 11.4. The third-order valence-electron chi connectivity index (χ3n) is 2.94. The van der Waals surface area contributed by atoms with Gasteiger partial charge in [0.1, 0.15) is 9.84 Å². The first kappa shape index (κ1) is 15.9. The standard InChI is InChI=1S/C12H27NO2S/c1-6-13-11(3)10-12(4,5)8-9-16(14,15)7-2/h11,13H,6-10H2,1-5H3. The van der Waals surface area contributed by atoms with Gasteiger partial charge in [0, 0.05) is 11.8 Å². The molecule has 0 bridgehead atoms. The SMILES string of the molecule is CCNC(C)CC(C)(C)CCS(=O)(=O)CC. The lowest BCUT2D eigenvalue weighted by atomic mass is 9.83. The smallest absolute Gasteiger partial charge is 0.150 e. The second-order valence-electron chi connectivity index (χ2n) is 5.31. The normalized spacial score (nSPS) is 15.1. The first-order valence-corrected chi connectivity index (χ1v) is 7.98. The van der Waals surface area contributed by atoms with Crippen LogP contribution in [0, 0.1) is 5.41 Å². The van der Waals surface area contributed by atoms with Gasteiger partial charge in [0.25, 0.3) is 0 Å². The Morgan fingerprint density at radius 3 is 2.25 bits per heavy atom. The minimum Gasteiger partial charge on any atom is -0.315 e. The van der Waals surface area contributed by atoms with Crippen molar-refractivity contribution in [2.75, 3.05) is 18.1 Å². The molecule has 0 aromatic heterocycles. The molecule has 0 aromatic rings. The lowest BCUT2D eigenvalue weighted by Crippen LogP contribution is -2.32. The summed E-state index contributed by atoms with van der Waals surface area (Å²) in [4.78, 5) is 0. The van der Waals surface area contributed by atoms with Crippen LogP contribution >= 0.6 is 0 Å². The maximum Gasteiger partial charge on any atom is 0.150 e. The van der Waals surface area contributed by atoms with Gasteiger partial charge in [-0.15, -0.1) is 0 Å². The predicted molar refractivity (Wildman–Crippen MR) is 70.5 cm³/mol. The molecule has 1 N–H and O–H groups in total. The molecule has 0 heterocycles. The quantitative estimate of drug-likeness (QED) is 0.717. The zero-order valence-electron chi connectivity index (χ0n) is 11.3. The van der Waals surface area contributed by atoms with E-state index in [0.29, 0.717) is 11.8 Å². The van der Waals surface area contributed by atoms with E-state index in [4.69, 9.17) is 0 Å². The summed E-state index contributed by atoms with van der Waals surface area (Å²) >= 11 is 0. The Morgan fingerprint density at radius 2 is 1.81 bits per heavy atom. The fraction of sp³-hybridized carbons (Fsp3) is 1.00. The summed E-state index contributed by atoms with van der Waals surface area (Å²) in [5, 5.41) is 3.36. The van der Waals surface area contributed by atoms with E-state index >= 15 is 0 Å². The first-order valence-electron chi connectivity index (χ1n) is 6.16. The van der Waals surface area contributed by atoms with Gasteiger partial charge in [0.2, 0.25) is 0 Å². The summed E-state index contributed by atoms with van der Waals surface area (Å²) in [6.45, 7) is 11.2. The van der Waals surface area contributed by atoms with Gasteiger partial charge in [-0.3, -0.25) is 0 Å². The van der Waals surface area contributed by atoms with Crippen molar-refractivity contribution in [3.8, 4) is 0 Å². The molecule has 16 heavy (non-hydrogen) atoms. The van der Waals surface area contributed by atoms with E-state index in [0.717, 1.165) is 19.4 Å². The molecule has 0 aliphatic rings. The summed E-state index contributed by atoms with van der Waals surface area (Å²) in [5.41, 5.74) is 0.0871. The largest absolute Gasteiger partial charge is 0.315 e. The number of hydrogen-bond donors (Lipinski definition) is 1. The monoisotopic (exact) mass is 249 g/mol. The Balaban J connectivity index is 4.14. The lowest BCUT2D eigenvalue weighted by Gasteiger charge is -2.28. The summed E-state index contributed by atoms with van der Waals surface area (Å²) in [7, 11) is -2.82. The number of hydrogen-bond acceptors (Lipinski definition) is 3. The Morgan fingerprint density at radius 1 is 1.25 bits per heavy atom. The topological polar surface area (TPSA) is 46.2 Å². The molecule has 0 aliphatic heterocycles. The van der Waals surface area contributed by atoms with Gasteiger partial charge in [-0.05, 0) is 31.7 Å². The zero-order chi connectivity index (χ0) is 12.8. The van der Waals surface area contributed by atoms with Crippen LogP contribution in [-0.2, 0) is 9.84 Å². The van der Waals surface area contributed by atoms with Crippen molar-refractivity contribution < 1.29 is 8.42 Å². The first-order chi connectivity index (χ1) is 7.22.